The Morgan fingerprint density at radius 1 is 1.06 bits per heavy atom. The second kappa shape index (κ2) is 4.69. The van der Waals surface area contributed by atoms with Crippen LogP contribution in [0.4, 0.5) is 0 Å². The van der Waals surface area contributed by atoms with Gasteiger partial charge in [-0.05, 0) is 54.7 Å². The third-order valence-corrected chi connectivity index (χ3v) is 4.12. The van der Waals surface area contributed by atoms with E-state index in [1.807, 2.05) is 12.1 Å². The van der Waals surface area contributed by atoms with Crippen molar-refractivity contribution in [2.75, 3.05) is 13.7 Å². The molecule has 17 heavy (non-hydrogen) atoms. The van der Waals surface area contributed by atoms with Crippen LogP contribution in [0.3, 0.4) is 0 Å². The van der Waals surface area contributed by atoms with Crippen molar-refractivity contribution in [3.8, 4) is 5.75 Å². The summed E-state index contributed by atoms with van der Waals surface area (Å²) in [6, 6.07) is 8.13. The van der Waals surface area contributed by atoms with E-state index in [0.717, 1.165) is 36.7 Å². The number of ether oxygens (including phenoxy) is 2. The summed E-state index contributed by atoms with van der Waals surface area (Å²) in [5.74, 6) is 3.86. The molecule has 0 N–H and O–H groups in total. The molecule has 92 valence electrons. The van der Waals surface area contributed by atoms with Crippen molar-refractivity contribution in [2.45, 2.75) is 25.9 Å². The van der Waals surface area contributed by atoms with Crippen molar-refractivity contribution >= 4 is 0 Å². The van der Waals surface area contributed by atoms with Gasteiger partial charge in [0.1, 0.15) is 5.75 Å². The third kappa shape index (κ3) is 2.63. The molecule has 2 saturated carbocycles. The average molecular weight is 232 g/mol. The molecular weight excluding hydrogens is 212 g/mol. The van der Waals surface area contributed by atoms with Crippen LogP contribution in [0.2, 0.25) is 0 Å². The van der Waals surface area contributed by atoms with Crippen molar-refractivity contribution in [3.05, 3.63) is 29.8 Å². The number of hydrogen-bond donors (Lipinski definition) is 0. The van der Waals surface area contributed by atoms with Gasteiger partial charge in [-0.3, -0.25) is 0 Å². The standard InChI is InChI=1S/C15H20O2/c1-16-15-4-2-11(3-5-15)9-17-10-12-6-13-8-14(13)7-12/h2-5,12-14H,6-10H2,1H3. The molecule has 2 heteroatoms. The summed E-state index contributed by atoms with van der Waals surface area (Å²) >= 11 is 0. The fraction of sp³-hybridized carbons (Fsp3) is 0.600. The zero-order valence-electron chi connectivity index (χ0n) is 10.4. The lowest BCUT2D eigenvalue weighted by atomic mass is 10.1. The fourth-order valence-electron chi connectivity index (χ4n) is 3.04. The second-order valence-corrected chi connectivity index (χ2v) is 5.46. The van der Waals surface area contributed by atoms with E-state index in [1.165, 1.54) is 24.8 Å². The molecule has 0 spiro atoms. The van der Waals surface area contributed by atoms with E-state index in [1.54, 1.807) is 7.11 Å². The summed E-state index contributed by atoms with van der Waals surface area (Å²) < 4.78 is 10.9. The van der Waals surface area contributed by atoms with Crippen molar-refractivity contribution in [1.29, 1.82) is 0 Å². The van der Waals surface area contributed by atoms with Crippen LogP contribution in [-0.4, -0.2) is 13.7 Å². The van der Waals surface area contributed by atoms with Gasteiger partial charge in [0, 0.05) is 6.61 Å². The van der Waals surface area contributed by atoms with Gasteiger partial charge in [-0.15, -0.1) is 0 Å². The monoisotopic (exact) mass is 232 g/mol. The molecule has 0 aromatic heterocycles. The van der Waals surface area contributed by atoms with Crippen molar-refractivity contribution in [2.24, 2.45) is 17.8 Å². The largest absolute Gasteiger partial charge is 0.497 e. The first-order valence-corrected chi connectivity index (χ1v) is 6.56. The van der Waals surface area contributed by atoms with Crippen LogP contribution in [0.1, 0.15) is 24.8 Å². The summed E-state index contributed by atoms with van der Waals surface area (Å²) in [6.07, 6.45) is 4.32. The highest BCUT2D eigenvalue weighted by atomic mass is 16.5. The lowest BCUT2D eigenvalue weighted by molar-refractivity contribution is 0.0850. The van der Waals surface area contributed by atoms with Crippen LogP contribution >= 0.6 is 0 Å². The van der Waals surface area contributed by atoms with E-state index in [4.69, 9.17) is 9.47 Å². The number of hydrogen-bond acceptors (Lipinski definition) is 2. The predicted octanol–water partition coefficient (Wildman–Crippen LogP) is 3.26. The van der Waals surface area contributed by atoms with Gasteiger partial charge < -0.3 is 9.47 Å². The molecule has 0 saturated heterocycles. The zero-order valence-corrected chi connectivity index (χ0v) is 10.4. The lowest BCUT2D eigenvalue weighted by Gasteiger charge is -2.12. The molecule has 2 atom stereocenters. The van der Waals surface area contributed by atoms with Gasteiger partial charge in [0.15, 0.2) is 0 Å². The molecule has 0 aliphatic heterocycles. The molecule has 2 nitrogen and oxygen atoms in total. The number of methoxy groups -OCH3 is 1. The van der Waals surface area contributed by atoms with E-state index >= 15 is 0 Å². The van der Waals surface area contributed by atoms with Crippen LogP contribution in [0.15, 0.2) is 24.3 Å². The molecule has 1 aromatic carbocycles. The Balaban J connectivity index is 1.41. The van der Waals surface area contributed by atoms with Gasteiger partial charge in [0.05, 0.1) is 13.7 Å². The van der Waals surface area contributed by atoms with E-state index in [-0.39, 0.29) is 0 Å². The Labute approximate surface area is 103 Å². The first-order chi connectivity index (χ1) is 8.35. The lowest BCUT2D eigenvalue weighted by Crippen LogP contribution is -2.07. The Bertz CT molecular complexity index is 361. The minimum absolute atomic E-state index is 0.732. The average Bonchev–Trinajstić information content (AvgIpc) is 2.98. The van der Waals surface area contributed by atoms with Crippen LogP contribution < -0.4 is 4.74 Å². The molecular formula is C15H20O2. The maximum atomic E-state index is 5.81. The Morgan fingerprint density at radius 2 is 1.76 bits per heavy atom. The minimum Gasteiger partial charge on any atom is -0.497 e. The van der Waals surface area contributed by atoms with Crippen molar-refractivity contribution in [3.63, 3.8) is 0 Å². The van der Waals surface area contributed by atoms with Gasteiger partial charge in [-0.1, -0.05) is 12.1 Å². The van der Waals surface area contributed by atoms with E-state index in [0.29, 0.717) is 0 Å². The highest BCUT2D eigenvalue weighted by Gasteiger charge is 2.45. The van der Waals surface area contributed by atoms with Crippen molar-refractivity contribution < 1.29 is 9.47 Å². The van der Waals surface area contributed by atoms with Gasteiger partial charge in [0.25, 0.3) is 0 Å². The minimum atomic E-state index is 0.732. The maximum Gasteiger partial charge on any atom is 0.118 e. The summed E-state index contributed by atoms with van der Waals surface area (Å²) in [7, 11) is 1.69. The predicted molar refractivity (Wildman–Crippen MR) is 67.0 cm³/mol. The number of rotatable bonds is 5. The van der Waals surface area contributed by atoms with Gasteiger partial charge in [0.2, 0.25) is 0 Å². The molecule has 0 radical (unpaired) electrons. The quantitative estimate of drug-likeness (QED) is 0.775. The summed E-state index contributed by atoms with van der Waals surface area (Å²) in [5, 5.41) is 0. The summed E-state index contributed by atoms with van der Waals surface area (Å²) in [6.45, 7) is 1.68. The van der Waals surface area contributed by atoms with Crippen LogP contribution in [0.25, 0.3) is 0 Å². The van der Waals surface area contributed by atoms with Gasteiger partial charge in [-0.2, -0.15) is 0 Å². The Hall–Kier alpha value is -1.02. The van der Waals surface area contributed by atoms with E-state index in [2.05, 4.69) is 12.1 Å². The third-order valence-electron chi connectivity index (χ3n) is 4.12. The molecule has 0 heterocycles. The van der Waals surface area contributed by atoms with E-state index < -0.39 is 0 Å². The first kappa shape index (κ1) is 11.1. The second-order valence-electron chi connectivity index (χ2n) is 5.46. The van der Waals surface area contributed by atoms with Crippen molar-refractivity contribution in [1.82, 2.24) is 0 Å². The SMILES string of the molecule is COc1ccc(COCC2CC3CC3C2)cc1. The number of benzene rings is 1. The maximum absolute atomic E-state index is 5.81. The molecule has 1 aromatic rings. The highest BCUT2D eigenvalue weighted by Crippen LogP contribution is 2.54. The molecule has 2 unspecified atom stereocenters. The fourth-order valence-corrected chi connectivity index (χ4v) is 3.04. The molecule has 3 rings (SSSR count). The first-order valence-electron chi connectivity index (χ1n) is 6.56. The smallest absolute Gasteiger partial charge is 0.118 e. The Morgan fingerprint density at radius 3 is 2.41 bits per heavy atom. The molecule has 2 aliphatic carbocycles. The van der Waals surface area contributed by atoms with E-state index in [9.17, 15) is 0 Å². The normalized spacial score (nSPS) is 30.1. The van der Waals surface area contributed by atoms with Gasteiger partial charge >= 0.3 is 0 Å². The highest BCUT2D eigenvalue weighted by molar-refractivity contribution is 5.26. The zero-order chi connectivity index (χ0) is 11.7. The molecule has 2 aliphatic rings. The summed E-state index contributed by atoms with van der Waals surface area (Å²) in [5.41, 5.74) is 1.23. The topological polar surface area (TPSA) is 18.5 Å². The molecule has 0 amide bonds. The molecule has 0 bridgehead atoms. The van der Waals surface area contributed by atoms with Gasteiger partial charge in [-0.25, -0.2) is 0 Å². The Kier molecular flexibility index (Phi) is 3.06. The number of fused-ring (bicyclic) bond motifs is 1. The summed E-state index contributed by atoms with van der Waals surface area (Å²) in [4.78, 5) is 0. The molecule has 2 fully saturated rings. The van der Waals surface area contributed by atoms with Crippen LogP contribution in [0.5, 0.6) is 5.75 Å². The van der Waals surface area contributed by atoms with Crippen LogP contribution in [0, 0.1) is 17.8 Å². The van der Waals surface area contributed by atoms with Crippen LogP contribution in [-0.2, 0) is 11.3 Å².